The number of carbonyl (C=O) groups excluding carboxylic acids is 1. The van der Waals surface area contributed by atoms with Gasteiger partial charge in [0, 0.05) is 18.3 Å². The van der Waals surface area contributed by atoms with Crippen molar-refractivity contribution >= 4 is 11.9 Å². The largest absolute Gasteiger partial charge is 0.478 e. The van der Waals surface area contributed by atoms with Gasteiger partial charge in [0.2, 0.25) is 0 Å². The van der Waals surface area contributed by atoms with E-state index in [-0.39, 0.29) is 17.0 Å². The van der Waals surface area contributed by atoms with Crippen LogP contribution in [0.1, 0.15) is 47.5 Å². The van der Waals surface area contributed by atoms with Gasteiger partial charge in [-0.3, -0.25) is 9.78 Å². The van der Waals surface area contributed by atoms with Crippen LogP contribution in [0.2, 0.25) is 0 Å². The SMILES string of the molecule is CC1(C)CCCN1C(=O)c1ccc(C(=O)O)cn1. The van der Waals surface area contributed by atoms with Crippen molar-refractivity contribution in [2.45, 2.75) is 32.2 Å². The number of carboxylic acid groups (broad SMARTS) is 1. The van der Waals surface area contributed by atoms with Crippen molar-refractivity contribution in [1.29, 1.82) is 0 Å². The summed E-state index contributed by atoms with van der Waals surface area (Å²) >= 11 is 0. The Bertz CT molecular complexity index is 480. The van der Waals surface area contributed by atoms with E-state index in [1.807, 2.05) is 13.8 Å². The molecule has 0 aliphatic carbocycles. The van der Waals surface area contributed by atoms with Crippen molar-refractivity contribution in [3.8, 4) is 0 Å². The van der Waals surface area contributed by atoms with Crippen LogP contribution >= 0.6 is 0 Å². The van der Waals surface area contributed by atoms with E-state index >= 15 is 0 Å². The molecule has 18 heavy (non-hydrogen) atoms. The highest BCUT2D eigenvalue weighted by atomic mass is 16.4. The quantitative estimate of drug-likeness (QED) is 0.866. The number of nitrogens with zero attached hydrogens (tertiary/aromatic N) is 2. The lowest BCUT2D eigenvalue weighted by molar-refractivity contribution is 0.0641. The molecule has 2 heterocycles. The summed E-state index contributed by atoms with van der Waals surface area (Å²) in [5.41, 5.74) is 0.242. The van der Waals surface area contributed by atoms with Crippen molar-refractivity contribution < 1.29 is 14.7 Å². The number of hydrogen-bond donors (Lipinski definition) is 1. The molecule has 0 saturated carbocycles. The zero-order valence-electron chi connectivity index (χ0n) is 10.5. The molecule has 1 amide bonds. The molecule has 1 fully saturated rings. The van der Waals surface area contributed by atoms with Crippen LogP contribution in [0.4, 0.5) is 0 Å². The van der Waals surface area contributed by atoms with E-state index in [1.165, 1.54) is 18.3 Å². The zero-order valence-corrected chi connectivity index (χ0v) is 10.5. The van der Waals surface area contributed by atoms with Crippen LogP contribution in [0, 0.1) is 0 Å². The van der Waals surface area contributed by atoms with Crippen molar-refractivity contribution in [1.82, 2.24) is 9.88 Å². The van der Waals surface area contributed by atoms with Gasteiger partial charge in [0.1, 0.15) is 5.69 Å². The van der Waals surface area contributed by atoms with Crippen molar-refractivity contribution in [3.63, 3.8) is 0 Å². The van der Waals surface area contributed by atoms with Crippen LogP contribution < -0.4 is 0 Å². The zero-order chi connectivity index (χ0) is 13.3. The molecule has 1 aliphatic rings. The Hall–Kier alpha value is -1.91. The minimum atomic E-state index is -1.04. The molecular weight excluding hydrogens is 232 g/mol. The smallest absolute Gasteiger partial charge is 0.337 e. The molecule has 0 aromatic carbocycles. The lowest BCUT2D eigenvalue weighted by atomic mass is 10.0. The van der Waals surface area contributed by atoms with Gasteiger partial charge in [-0.25, -0.2) is 4.79 Å². The molecule has 1 aromatic heterocycles. The van der Waals surface area contributed by atoms with Crippen LogP contribution in [0.25, 0.3) is 0 Å². The third-order valence-electron chi connectivity index (χ3n) is 3.38. The molecule has 5 heteroatoms. The van der Waals surface area contributed by atoms with Gasteiger partial charge < -0.3 is 10.0 Å². The fraction of sp³-hybridized carbons (Fsp3) is 0.462. The lowest BCUT2D eigenvalue weighted by Crippen LogP contribution is -2.42. The van der Waals surface area contributed by atoms with Gasteiger partial charge in [0.25, 0.3) is 5.91 Å². The van der Waals surface area contributed by atoms with E-state index in [0.717, 1.165) is 19.4 Å². The Balaban J connectivity index is 2.21. The maximum absolute atomic E-state index is 12.3. The normalized spacial score (nSPS) is 17.8. The van der Waals surface area contributed by atoms with Gasteiger partial charge in [0.05, 0.1) is 5.56 Å². The van der Waals surface area contributed by atoms with E-state index < -0.39 is 5.97 Å². The Morgan fingerprint density at radius 2 is 2.11 bits per heavy atom. The third kappa shape index (κ3) is 2.20. The summed E-state index contributed by atoms with van der Waals surface area (Å²) in [5, 5.41) is 8.77. The highest BCUT2D eigenvalue weighted by Crippen LogP contribution is 2.29. The summed E-state index contributed by atoms with van der Waals surface area (Å²) < 4.78 is 0. The predicted molar refractivity (Wildman–Crippen MR) is 65.5 cm³/mol. The minimum absolute atomic E-state index is 0.0900. The van der Waals surface area contributed by atoms with E-state index in [1.54, 1.807) is 4.90 Å². The number of hydrogen-bond acceptors (Lipinski definition) is 3. The fourth-order valence-corrected chi connectivity index (χ4v) is 2.27. The summed E-state index contributed by atoms with van der Waals surface area (Å²) in [6.07, 6.45) is 3.19. The highest BCUT2D eigenvalue weighted by Gasteiger charge is 2.36. The Labute approximate surface area is 105 Å². The lowest BCUT2D eigenvalue weighted by Gasteiger charge is -2.31. The molecule has 0 bridgehead atoms. The first-order valence-electron chi connectivity index (χ1n) is 5.93. The number of pyridine rings is 1. The van der Waals surface area contributed by atoms with Crippen molar-refractivity contribution in [3.05, 3.63) is 29.6 Å². The van der Waals surface area contributed by atoms with Gasteiger partial charge in [-0.2, -0.15) is 0 Å². The second kappa shape index (κ2) is 4.40. The number of carboxylic acids is 1. The summed E-state index contributed by atoms with van der Waals surface area (Å²) in [4.78, 5) is 28.7. The van der Waals surface area contributed by atoms with Crippen LogP contribution in [-0.4, -0.2) is 39.0 Å². The second-order valence-corrected chi connectivity index (χ2v) is 5.11. The number of amides is 1. The number of rotatable bonds is 2. The third-order valence-corrected chi connectivity index (χ3v) is 3.38. The highest BCUT2D eigenvalue weighted by molar-refractivity contribution is 5.94. The van der Waals surface area contributed by atoms with Gasteiger partial charge >= 0.3 is 5.97 Å². The maximum atomic E-state index is 12.3. The molecule has 96 valence electrons. The molecular formula is C13H16N2O3. The fourth-order valence-electron chi connectivity index (χ4n) is 2.27. The Kier molecular flexibility index (Phi) is 3.07. The Morgan fingerprint density at radius 3 is 2.56 bits per heavy atom. The monoisotopic (exact) mass is 248 g/mol. The predicted octanol–water partition coefficient (Wildman–Crippen LogP) is 1.79. The average molecular weight is 248 g/mol. The number of likely N-dealkylation sites (tertiary alicyclic amines) is 1. The topological polar surface area (TPSA) is 70.5 Å². The molecule has 0 spiro atoms. The second-order valence-electron chi connectivity index (χ2n) is 5.11. The van der Waals surface area contributed by atoms with E-state index in [4.69, 9.17) is 5.11 Å². The molecule has 1 saturated heterocycles. The first-order valence-corrected chi connectivity index (χ1v) is 5.93. The van der Waals surface area contributed by atoms with Crippen LogP contribution in [0.15, 0.2) is 18.3 Å². The van der Waals surface area contributed by atoms with E-state index in [0.29, 0.717) is 5.69 Å². The van der Waals surface area contributed by atoms with E-state index in [2.05, 4.69) is 4.98 Å². The van der Waals surface area contributed by atoms with Crippen LogP contribution in [0.5, 0.6) is 0 Å². The summed E-state index contributed by atoms with van der Waals surface area (Å²) in [6, 6.07) is 2.88. The van der Waals surface area contributed by atoms with Gasteiger partial charge in [-0.05, 0) is 38.8 Å². The van der Waals surface area contributed by atoms with Gasteiger partial charge in [-0.1, -0.05) is 0 Å². The Morgan fingerprint density at radius 1 is 1.39 bits per heavy atom. The standard InChI is InChI=1S/C13H16N2O3/c1-13(2)6-3-7-15(13)11(16)10-5-4-9(8-14-10)12(17)18/h4-5,8H,3,6-7H2,1-2H3,(H,17,18). The van der Waals surface area contributed by atoms with E-state index in [9.17, 15) is 9.59 Å². The molecule has 2 rings (SSSR count). The summed E-state index contributed by atoms with van der Waals surface area (Å²) in [6.45, 7) is 4.79. The molecule has 0 unspecified atom stereocenters. The van der Waals surface area contributed by atoms with Crippen LogP contribution in [0.3, 0.4) is 0 Å². The van der Waals surface area contributed by atoms with Crippen molar-refractivity contribution in [2.24, 2.45) is 0 Å². The molecule has 0 atom stereocenters. The molecule has 1 aliphatic heterocycles. The van der Waals surface area contributed by atoms with Gasteiger partial charge in [0.15, 0.2) is 0 Å². The number of aromatic carboxylic acids is 1. The minimum Gasteiger partial charge on any atom is -0.478 e. The molecule has 0 radical (unpaired) electrons. The number of aromatic nitrogens is 1. The maximum Gasteiger partial charge on any atom is 0.337 e. The summed E-state index contributed by atoms with van der Waals surface area (Å²) in [5.74, 6) is -1.17. The van der Waals surface area contributed by atoms with Gasteiger partial charge in [-0.15, -0.1) is 0 Å². The first kappa shape index (κ1) is 12.5. The molecule has 1 aromatic rings. The van der Waals surface area contributed by atoms with Crippen molar-refractivity contribution in [2.75, 3.05) is 6.54 Å². The average Bonchev–Trinajstić information content (AvgIpc) is 2.68. The number of carbonyl (C=O) groups is 2. The summed E-state index contributed by atoms with van der Waals surface area (Å²) in [7, 11) is 0. The molecule has 1 N–H and O–H groups in total. The molecule has 5 nitrogen and oxygen atoms in total. The van der Waals surface area contributed by atoms with Crippen LogP contribution in [-0.2, 0) is 0 Å². The first-order chi connectivity index (χ1) is 8.42.